The van der Waals surface area contributed by atoms with Crippen LogP contribution in [0.4, 0.5) is 5.95 Å². The predicted molar refractivity (Wildman–Crippen MR) is 60.6 cm³/mol. The van der Waals surface area contributed by atoms with Crippen LogP contribution in [-0.2, 0) is 16.0 Å². The fourth-order valence-corrected chi connectivity index (χ4v) is 2.80. The Hall–Kier alpha value is -1.59. The third-order valence-corrected chi connectivity index (χ3v) is 3.66. The molecule has 0 radical (unpaired) electrons. The molecule has 2 atom stereocenters. The summed E-state index contributed by atoms with van der Waals surface area (Å²) in [7, 11) is 1.38. The molecule has 1 N–H and O–H groups in total. The lowest BCUT2D eigenvalue weighted by Gasteiger charge is -2.26. The molecule has 0 bridgehead atoms. The Morgan fingerprint density at radius 2 is 2.47 bits per heavy atom. The number of hydrogen-bond donors (Lipinski definition) is 1. The zero-order chi connectivity index (χ0) is 11.8. The highest BCUT2D eigenvalue weighted by atomic mass is 16.5. The highest BCUT2D eigenvalue weighted by molar-refractivity contribution is 5.71. The quantitative estimate of drug-likeness (QED) is 0.768. The van der Waals surface area contributed by atoms with E-state index < -0.39 is 0 Å². The third-order valence-electron chi connectivity index (χ3n) is 3.66. The van der Waals surface area contributed by atoms with E-state index in [9.17, 15) is 4.79 Å². The van der Waals surface area contributed by atoms with Crippen LogP contribution in [0.3, 0.4) is 0 Å². The second-order valence-corrected chi connectivity index (χ2v) is 4.69. The van der Waals surface area contributed by atoms with Gasteiger partial charge in [-0.1, -0.05) is 6.42 Å². The molecular weight excluding hydrogens is 220 g/mol. The van der Waals surface area contributed by atoms with E-state index in [-0.39, 0.29) is 12.4 Å². The van der Waals surface area contributed by atoms with Gasteiger partial charge < -0.3 is 10.1 Å². The van der Waals surface area contributed by atoms with Crippen molar-refractivity contribution in [2.24, 2.45) is 5.92 Å². The summed E-state index contributed by atoms with van der Waals surface area (Å²) in [4.78, 5) is 15.5. The minimum atomic E-state index is -0.295. The standard InChI is InChI=1S/C11H16N4O2/c1-17-10(16)5-9-13-11-12-6-7-3-2-4-8(7)15(11)14-9/h7-8H,2-6H2,1H3,(H,12,13,14). The Morgan fingerprint density at radius 1 is 1.59 bits per heavy atom. The monoisotopic (exact) mass is 236 g/mol. The number of methoxy groups -OCH3 is 1. The van der Waals surface area contributed by atoms with Crippen LogP contribution in [0, 0.1) is 5.92 Å². The van der Waals surface area contributed by atoms with Crippen molar-refractivity contribution >= 4 is 11.9 Å². The lowest BCUT2D eigenvalue weighted by atomic mass is 10.0. The molecule has 0 amide bonds. The number of carbonyl (C=O) groups excluding carboxylic acids is 1. The zero-order valence-electron chi connectivity index (χ0n) is 9.85. The van der Waals surface area contributed by atoms with Crippen LogP contribution in [0.25, 0.3) is 0 Å². The number of nitrogens with zero attached hydrogens (tertiary/aromatic N) is 3. The molecule has 6 heteroatoms. The molecule has 3 rings (SSSR count). The first-order valence-electron chi connectivity index (χ1n) is 6.04. The Kier molecular flexibility index (Phi) is 2.49. The van der Waals surface area contributed by atoms with E-state index in [0.717, 1.165) is 12.5 Å². The lowest BCUT2D eigenvalue weighted by molar-refractivity contribution is -0.139. The molecular formula is C11H16N4O2. The maximum atomic E-state index is 11.2. The SMILES string of the molecule is COC(=O)Cc1nc2n(n1)C1CCCC1CN2. The number of carbonyl (C=O) groups is 1. The molecule has 92 valence electrons. The molecule has 1 saturated carbocycles. The maximum absolute atomic E-state index is 11.2. The van der Waals surface area contributed by atoms with Crippen LogP contribution in [0.15, 0.2) is 0 Å². The van der Waals surface area contributed by atoms with Gasteiger partial charge >= 0.3 is 5.97 Å². The second kappa shape index (κ2) is 4.01. The fraction of sp³-hybridized carbons (Fsp3) is 0.727. The molecule has 6 nitrogen and oxygen atoms in total. The number of nitrogens with one attached hydrogen (secondary N) is 1. The minimum Gasteiger partial charge on any atom is -0.469 e. The van der Waals surface area contributed by atoms with Crippen LogP contribution >= 0.6 is 0 Å². The van der Waals surface area contributed by atoms with Gasteiger partial charge in [-0.25, -0.2) is 4.68 Å². The van der Waals surface area contributed by atoms with Gasteiger partial charge in [-0.3, -0.25) is 4.79 Å². The number of esters is 1. The average molecular weight is 236 g/mol. The molecule has 2 unspecified atom stereocenters. The van der Waals surface area contributed by atoms with Crippen molar-refractivity contribution in [3.8, 4) is 0 Å². The number of fused-ring (bicyclic) bond motifs is 3. The Labute approximate surface area is 99.4 Å². The average Bonchev–Trinajstić information content (AvgIpc) is 2.92. The first-order chi connectivity index (χ1) is 8.28. The van der Waals surface area contributed by atoms with Crippen LogP contribution in [0.5, 0.6) is 0 Å². The molecule has 1 aliphatic carbocycles. The molecule has 1 aromatic rings. The van der Waals surface area contributed by atoms with Crippen molar-refractivity contribution in [2.45, 2.75) is 31.7 Å². The summed E-state index contributed by atoms with van der Waals surface area (Å²) in [6.45, 7) is 0.973. The predicted octanol–water partition coefficient (Wildman–Crippen LogP) is 0.760. The van der Waals surface area contributed by atoms with Crippen LogP contribution in [-0.4, -0.2) is 34.4 Å². The van der Waals surface area contributed by atoms with Gasteiger partial charge in [0.2, 0.25) is 5.95 Å². The Morgan fingerprint density at radius 3 is 3.29 bits per heavy atom. The van der Waals surface area contributed by atoms with Crippen LogP contribution < -0.4 is 5.32 Å². The topological polar surface area (TPSA) is 69.0 Å². The molecule has 1 fully saturated rings. The lowest BCUT2D eigenvalue weighted by Crippen LogP contribution is -2.29. The van der Waals surface area contributed by atoms with Crippen molar-refractivity contribution in [1.82, 2.24) is 14.8 Å². The summed E-state index contributed by atoms with van der Waals surface area (Å²) < 4.78 is 6.58. The summed E-state index contributed by atoms with van der Waals surface area (Å²) in [6.07, 6.45) is 3.82. The minimum absolute atomic E-state index is 0.148. The molecule has 1 aromatic heterocycles. The highest BCUT2D eigenvalue weighted by Gasteiger charge is 2.35. The summed E-state index contributed by atoms with van der Waals surface area (Å²) in [5, 5.41) is 7.71. The first kappa shape index (κ1) is 10.6. The smallest absolute Gasteiger partial charge is 0.313 e. The van der Waals surface area contributed by atoms with Gasteiger partial charge in [0.1, 0.15) is 6.42 Å². The van der Waals surface area contributed by atoms with Gasteiger partial charge in [-0.2, -0.15) is 10.1 Å². The summed E-state index contributed by atoms with van der Waals surface area (Å²) >= 11 is 0. The molecule has 1 aliphatic heterocycles. The van der Waals surface area contributed by atoms with Gasteiger partial charge in [0.25, 0.3) is 0 Å². The van der Waals surface area contributed by atoms with Crippen molar-refractivity contribution in [2.75, 3.05) is 19.0 Å². The molecule has 2 aliphatic rings. The molecule has 0 spiro atoms. The second-order valence-electron chi connectivity index (χ2n) is 4.69. The zero-order valence-corrected chi connectivity index (χ0v) is 9.85. The van der Waals surface area contributed by atoms with E-state index in [1.54, 1.807) is 0 Å². The normalized spacial score (nSPS) is 25.9. The number of anilines is 1. The van der Waals surface area contributed by atoms with E-state index in [1.165, 1.54) is 26.4 Å². The van der Waals surface area contributed by atoms with Crippen molar-refractivity contribution in [3.05, 3.63) is 5.82 Å². The van der Waals surface area contributed by atoms with Crippen LogP contribution in [0.2, 0.25) is 0 Å². The van der Waals surface area contributed by atoms with E-state index in [0.29, 0.717) is 17.8 Å². The van der Waals surface area contributed by atoms with Crippen molar-refractivity contribution in [1.29, 1.82) is 0 Å². The number of aromatic nitrogens is 3. The van der Waals surface area contributed by atoms with E-state index in [2.05, 4.69) is 20.1 Å². The third kappa shape index (κ3) is 1.77. The molecule has 0 aromatic carbocycles. The molecule has 0 saturated heterocycles. The number of hydrogen-bond acceptors (Lipinski definition) is 5. The van der Waals surface area contributed by atoms with Crippen molar-refractivity contribution in [3.63, 3.8) is 0 Å². The largest absolute Gasteiger partial charge is 0.469 e. The highest BCUT2D eigenvalue weighted by Crippen LogP contribution is 2.39. The first-order valence-corrected chi connectivity index (χ1v) is 6.04. The van der Waals surface area contributed by atoms with Crippen molar-refractivity contribution < 1.29 is 9.53 Å². The van der Waals surface area contributed by atoms with E-state index >= 15 is 0 Å². The number of ether oxygens (including phenoxy) is 1. The summed E-state index contributed by atoms with van der Waals surface area (Å²) in [6, 6.07) is 0.463. The van der Waals surface area contributed by atoms with E-state index in [1.807, 2.05) is 4.68 Å². The Balaban J connectivity index is 1.84. The van der Waals surface area contributed by atoms with Gasteiger partial charge in [0.15, 0.2) is 5.82 Å². The number of rotatable bonds is 2. The summed E-state index contributed by atoms with van der Waals surface area (Å²) in [5.74, 6) is 1.71. The van der Waals surface area contributed by atoms with Gasteiger partial charge in [-0.15, -0.1) is 0 Å². The summed E-state index contributed by atoms with van der Waals surface area (Å²) in [5.41, 5.74) is 0. The van der Waals surface area contributed by atoms with Gasteiger partial charge in [-0.05, 0) is 18.8 Å². The van der Waals surface area contributed by atoms with Crippen LogP contribution in [0.1, 0.15) is 31.1 Å². The fourth-order valence-electron chi connectivity index (χ4n) is 2.80. The molecule has 2 heterocycles. The maximum Gasteiger partial charge on any atom is 0.313 e. The van der Waals surface area contributed by atoms with Gasteiger partial charge in [0.05, 0.1) is 13.2 Å². The van der Waals surface area contributed by atoms with Gasteiger partial charge in [0, 0.05) is 6.54 Å². The van der Waals surface area contributed by atoms with E-state index in [4.69, 9.17) is 0 Å². The molecule has 17 heavy (non-hydrogen) atoms. The Bertz CT molecular complexity index is 443.